The monoisotopic (exact) mass is 205 g/mol. The van der Waals surface area contributed by atoms with Gasteiger partial charge in [0.05, 0.1) is 5.56 Å². The van der Waals surface area contributed by atoms with Crippen LogP contribution in [0.1, 0.15) is 36.2 Å². The van der Waals surface area contributed by atoms with Crippen molar-refractivity contribution < 1.29 is 9.18 Å². The van der Waals surface area contributed by atoms with Gasteiger partial charge in [0.25, 0.3) is 0 Å². The molecule has 0 aromatic heterocycles. The molecule has 78 valence electrons. The van der Waals surface area contributed by atoms with Gasteiger partial charge < -0.3 is 0 Å². The van der Waals surface area contributed by atoms with Crippen molar-refractivity contribution in [2.75, 3.05) is 0 Å². The summed E-state index contributed by atoms with van der Waals surface area (Å²) in [5.41, 5.74) is 0.0367. The number of halogens is 1. The van der Waals surface area contributed by atoms with Crippen LogP contribution < -0.4 is 0 Å². The van der Waals surface area contributed by atoms with Crippen LogP contribution >= 0.6 is 0 Å². The first kappa shape index (κ1) is 11.4. The molecule has 1 aromatic carbocycles. The fraction of sp³-hybridized carbons (Fsp3) is 0.333. The summed E-state index contributed by atoms with van der Waals surface area (Å²) in [6.45, 7) is 3.66. The average molecular weight is 205 g/mol. The highest BCUT2D eigenvalue weighted by atomic mass is 19.1. The minimum atomic E-state index is -0.633. The molecule has 2 nitrogen and oxygen atoms in total. The zero-order valence-electron chi connectivity index (χ0n) is 8.75. The number of carbonyl (C=O) groups excluding carboxylic acids is 1. The maximum absolute atomic E-state index is 13.2. The first-order valence-corrected chi connectivity index (χ1v) is 4.84. The Kier molecular flexibility index (Phi) is 3.56. The topological polar surface area (TPSA) is 40.9 Å². The van der Waals surface area contributed by atoms with Crippen molar-refractivity contribution in [3.05, 3.63) is 35.1 Å². The number of hydrogen-bond acceptors (Lipinski definition) is 2. The van der Waals surface area contributed by atoms with Gasteiger partial charge in [-0.05, 0) is 18.6 Å². The van der Waals surface area contributed by atoms with Crippen LogP contribution in [0.25, 0.3) is 0 Å². The van der Waals surface area contributed by atoms with Crippen molar-refractivity contribution in [1.82, 2.24) is 0 Å². The van der Waals surface area contributed by atoms with Gasteiger partial charge >= 0.3 is 0 Å². The molecule has 1 unspecified atom stereocenters. The Bertz CT molecular complexity index is 420. The van der Waals surface area contributed by atoms with E-state index in [0.717, 1.165) is 0 Å². The van der Waals surface area contributed by atoms with Gasteiger partial charge in [-0.3, -0.25) is 4.79 Å². The molecule has 1 rings (SSSR count). The Balaban J connectivity index is 3.21. The lowest BCUT2D eigenvalue weighted by molar-refractivity contribution is 0.0926. The second-order valence-corrected chi connectivity index (χ2v) is 3.45. The summed E-state index contributed by atoms with van der Waals surface area (Å²) in [4.78, 5) is 11.8. The van der Waals surface area contributed by atoms with E-state index in [2.05, 4.69) is 0 Å². The van der Waals surface area contributed by atoms with Crippen molar-refractivity contribution >= 4 is 5.78 Å². The van der Waals surface area contributed by atoms with Crippen LogP contribution in [0.5, 0.6) is 0 Å². The zero-order valence-corrected chi connectivity index (χ0v) is 8.75. The van der Waals surface area contributed by atoms with E-state index in [0.29, 0.717) is 6.42 Å². The zero-order chi connectivity index (χ0) is 11.4. The molecule has 0 radical (unpaired) electrons. The lowest BCUT2D eigenvalue weighted by Gasteiger charge is -2.08. The highest BCUT2D eigenvalue weighted by Gasteiger charge is 2.18. The number of nitrogens with zero attached hydrogens (tertiary/aromatic N) is 1. The summed E-state index contributed by atoms with van der Waals surface area (Å²) in [5.74, 6) is -0.987. The van der Waals surface area contributed by atoms with E-state index in [4.69, 9.17) is 5.26 Å². The standard InChI is InChI=1S/C12H12FNO/c1-3-8(2)12(15)9-5-4-6-11(13)10(9)7-14/h4-6,8H,3H2,1-2H3. The third kappa shape index (κ3) is 2.21. The van der Waals surface area contributed by atoms with Crippen LogP contribution in [-0.2, 0) is 0 Å². The SMILES string of the molecule is CCC(C)C(=O)c1cccc(F)c1C#N. The molecule has 1 atom stereocenters. The van der Waals surface area contributed by atoms with Gasteiger partial charge in [0, 0.05) is 11.5 Å². The lowest BCUT2D eigenvalue weighted by Crippen LogP contribution is -2.12. The Hall–Kier alpha value is -1.69. The molecule has 15 heavy (non-hydrogen) atoms. The van der Waals surface area contributed by atoms with Gasteiger partial charge in [0.2, 0.25) is 0 Å². The molecular formula is C12H12FNO. The number of hydrogen-bond donors (Lipinski definition) is 0. The number of benzene rings is 1. The van der Waals surface area contributed by atoms with Crippen molar-refractivity contribution in [3.63, 3.8) is 0 Å². The second kappa shape index (κ2) is 4.70. The van der Waals surface area contributed by atoms with E-state index in [-0.39, 0.29) is 22.8 Å². The molecular weight excluding hydrogens is 193 g/mol. The van der Waals surface area contributed by atoms with Crippen LogP contribution in [0.15, 0.2) is 18.2 Å². The molecule has 0 bridgehead atoms. The molecule has 0 heterocycles. The van der Waals surface area contributed by atoms with Crippen LogP contribution in [0.4, 0.5) is 4.39 Å². The van der Waals surface area contributed by atoms with E-state index in [1.54, 1.807) is 13.0 Å². The Morgan fingerprint density at radius 1 is 1.60 bits per heavy atom. The molecule has 0 aliphatic carbocycles. The highest BCUT2D eigenvalue weighted by molar-refractivity contribution is 5.99. The van der Waals surface area contributed by atoms with Crippen molar-refractivity contribution in [2.45, 2.75) is 20.3 Å². The molecule has 1 aromatic rings. The molecule has 0 N–H and O–H groups in total. The first-order chi connectivity index (χ1) is 7.11. The van der Waals surface area contributed by atoms with E-state index >= 15 is 0 Å². The van der Waals surface area contributed by atoms with E-state index in [1.165, 1.54) is 18.2 Å². The van der Waals surface area contributed by atoms with E-state index in [9.17, 15) is 9.18 Å². The Labute approximate surface area is 88.3 Å². The number of carbonyl (C=O) groups is 1. The normalized spacial score (nSPS) is 11.9. The highest BCUT2D eigenvalue weighted by Crippen LogP contribution is 2.18. The molecule has 0 saturated carbocycles. The Morgan fingerprint density at radius 2 is 2.27 bits per heavy atom. The molecule has 0 aliphatic rings. The molecule has 0 spiro atoms. The van der Waals surface area contributed by atoms with E-state index in [1.807, 2.05) is 6.92 Å². The largest absolute Gasteiger partial charge is 0.294 e. The van der Waals surface area contributed by atoms with Gasteiger partial charge in [-0.2, -0.15) is 5.26 Å². The average Bonchev–Trinajstić information content (AvgIpc) is 2.26. The quantitative estimate of drug-likeness (QED) is 0.712. The first-order valence-electron chi connectivity index (χ1n) is 4.84. The van der Waals surface area contributed by atoms with Gasteiger partial charge in [0.15, 0.2) is 5.78 Å². The molecule has 0 amide bonds. The summed E-state index contributed by atoms with van der Waals surface area (Å²) in [6, 6.07) is 5.86. The molecule has 0 saturated heterocycles. The fourth-order valence-corrected chi connectivity index (χ4v) is 1.29. The smallest absolute Gasteiger partial charge is 0.167 e. The number of rotatable bonds is 3. The summed E-state index contributed by atoms with van der Waals surface area (Å²) < 4.78 is 13.2. The minimum Gasteiger partial charge on any atom is -0.294 e. The fourth-order valence-electron chi connectivity index (χ4n) is 1.29. The molecule has 0 aliphatic heterocycles. The molecule has 0 fully saturated rings. The lowest BCUT2D eigenvalue weighted by atomic mass is 9.94. The third-order valence-electron chi connectivity index (χ3n) is 2.45. The summed E-state index contributed by atoms with van der Waals surface area (Å²) in [5, 5.41) is 8.76. The summed E-state index contributed by atoms with van der Waals surface area (Å²) >= 11 is 0. The van der Waals surface area contributed by atoms with Crippen LogP contribution in [0.2, 0.25) is 0 Å². The third-order valence-corrected chi connectivity index (χ3v) is 2.45. The molecule has 3 heteroatoms. The summed E-state index contributed by atoms with van der Waals surface area (Å²) in [7, 11) is 0. The van der Waals surface area contributed by atoms with E-state index < -0.39 is 5.82 Å². The number of Topliss-reactive ketones (excluding diaryl/α,β-unsaturated/α-hetero) is 1. The number of nitriles is 1. The predicted molar refractivity (Wildman–Crippen MR) is 54.9 cm³/mol. The second-order valence-electron chi connectivity index (χ2n) is 3.45. The Morgan fingerprint density at radius 3 is 2.80 bits per heavy atom. The van der Waals surface area contributed by atoms with Crippen LogP contribution in [-0.4, -0.2) is 5.78 Å². The van der Waals surface area contributed by atoms with Crippen LogP contribution in [0, 0.1) is 23.1 Å². The van der Waals surface area contributed by atoms with Gasteiger partial charge in [0.1, 0.15) is 11.9 Å². The van der Waals surface area contributed by atoms with Crippen molar-refractivity contribution in [1.29, 1.82) is 5.26 Å². The van der Waals surface area contributed by atoms with Gasteiger partial charge in [-0.25, -0.2) is 4.39 Å². The van der Waals surface area contributed by atoms with Gasteiger partial charge in [-0.1, -0.05) is 19.9 Å². The van der Waals surface area contributed by atoms with Crippen molar-refractivity contribution in [2.24, 2.45) is 5.92 Å². The maximum atomic E-state index is 13.2. The van der Waals surface area contributed by atoms with Crippen molar-refractivity contribution in [3.8, 4) is 6.07 Å². The van der Waals surface area contributed by atoms with Gasteiger partial charge in [-0.15, -0.1) is 0 Å². The predicted octanol–water partition coefficient (Wildman–Crippen LogP) is 2.93. The minimum absolute atomic E-state index is 0.150. The summed E-state index contributed by atoms with van der Waals surface area (Å²) in [6.07, 6.45) is 0.681. The van der Waals surface area contributed by atoms with Crippen LogP contribution in [0.3, 0.4) is 0 Å². The maximum Gasteiger partial charge on any atom is 0.167 e. The number of ketones is 1.